The summed E-state index contributed by atoms with van der Waals surface area (Å²) in [6.07, 6.45) is 0. The van der Waals surface area contributed by atoms with Gasteiger partial charge in [-0.3, -0.25) is 9.63 Å². The van der Waals surface area contributed by atoms with Crippen molar-refractivity contribution in [2.45, 2.75) is 20.8 Å². The molecule has 2 aromatic carbocycles. The molecular formula is C19H22FIN2O3. The number of benzene rings is 2. The van der Waals surface area contributed by atoms with Gasteiger partial charge < -0.3 is 10.4 Å². The zero-order chi connectivity index (χ0) is 19.3. The predicted molar refractivity (Wildman–Crippen MR) is 108 cm³/mol. The van der Waals surface area contributed by atoms with Gasteiger partial charge in [0.15, 0.2) is 0 Å². The zero-order valence-corrected chi connectivity index (χ0v) is 17.1. The van der Waals surface area contributed by atoms with Gasteiger partial charge in [0.25, 0.3) is 5.91 Å². The first kappa shape index (κ1) is 20.6. The van der Waals surface area contributed by atoms with E-state index in [2.05, 4.69) is 33.4 Å². The first-order valence-corrected chi connectivity index (χ1v) is 9.15. The van der Waals surface area contributed by atoms with Crippen LogP contribution in [0.2, 0.25) is 0 Å². The Morgan fingerprint density at radius 2 is 1.96 bits per heavy atom. The molecule has 140 valence electrons. The maximum atomic E-state index is 13.7. The summed E-state index contributed by atoms with van der Waals surface area (Å²) in [6.45, 7) is 5.63. The maximum Gasteiger partial charge on any atom is 0.276 e. The zero-order valence-electron chi connectivity index (χ0n) is 14.9. The molecule has 5 nitrogen and oxygen atoms in total. The number of anilines is 2. The van der Waals surface area contributed by atoms with Gasteiger partial charge in [-0.05, 0) is 71.5 Å². The SMILES string of the molecule is Cc1cc(I)ccc1Nc1cc(F)ccc1C(=O)NOCC(C)(C)CO. The molecule has 2 aromatic rings. The third kappa shape index (κ3) is 5.65. The van der Waals surface area contributed by atoms with E-state index >= 15 is 0 Å². The number of hydroxylamine groups is 1. The number of amides is 1. The highest BCUT2D eigenvalue weighted by Gasteiger charge is 2.19. The van der Waals surface area contributed by atoms with Gasteiger partial charge in [-0.1, -0.05) is 13.8 Å². The van der Waals surface area contributed by atoms with Gasteiger partial charge in [-0.25, -0.2) is 9.87 Å². The number of nitrogens with one attached hydrogen (secondary N) is 2. The average Bonchev–Trinajstić information content (AvgIpc) is 2.57. The first-order valence-electron chi connectivity index (χ1n) is 8.07. The predicted octanol–water partition coefficient (Wildman–Crippen LogP) is 4.16. The van der Waals surface area contributed by atoms with Gasteiger partial charge in [0.05, 0.1) is 24.5 Å². The average molecular weight is 472 g/mol. The summed E-state index contributed by atoms with van der Waals surface area (Å²) in [6, 6.07) is 9.68. The van der Waals surface area contributed by atoms with Crippen molar-refractivity contribution < 1.29 is 19.1 Å². The van der Waals surface area contributed by atoms with E-state index < -0.39 is 17.1 Å². The van der Waals surface area contributed by atoms with E-state index in [4.69, 9.17) is 4.84 Å². The molecule has 0 radical (unpaired) electrons. The third-order valence-electron chi connectivity index (χ3n) is 3.74. The summed E-state index contributed by atoms with van der Waals surface area (Å²) in [5, 5.41) is 12.3. The van der Waals surface area contributed by atoms with Gasteiger partial charge in [0.2, 0.25) is 0 Å². The third-order valence-corrected chi connectivity index (χ3v) is 4.41. The van der Waals surface area contributed by atoms with E-state index in [1.54, 1.807) is 0 Å². The lowest BCUT2D eigenvalue weighted by molar-refractivity contribution is -0.0197. The number of rotatable bonds is 7. The number of halogens is 2. The monoisotopic (exact) mass is 472 g/mol. The van der Waals surface area contributed by atoms with E-state index in [0.29, 0.717) is 5.69 Å². The molecule has 0 spiro atoms. The summed E-state index contributed by atoms with van der Waals surface area (Å²) < 4.78 is 14.8. The number of hydrogen-bond donors (Lipinski definition) is 3. The van der Waals surface area contributed by atoms with Crippen molar-refractivity contribution in [1.82, 2.24) is 5.48 Å². The molecule has 0 saturated carbocycles. The van der Waals surface area contributed by atoms with Crippen LogP contribution in [0.1, 0.15) is 29.8 Å². The number of hydrogen-bond acceptors (Lipinski definition) is 4. The number of aryl methyl sites for hydroxylation is 1. The second-order valence-electron chi connectivity index (χ2n) is 6.82. The molecule has 2 rings (SSSR count). The van der Waals surface area contributed by atoms with Crippen LogP contribution in [0.15, 0.2) is 36.4 Å². The van der Waals surface area contributed by atoms with Gasteiger partial charge in [0, 0.05) is 14.7 Å². The van der Waals surface area contributed by atoms with Crippen LogP contribution >= 0.6 is 22.6 Å². The second-order valence-corrected chi connectivity index (χ2v) is 8.06. The lowest BCUT2D eigenvalue weighted by Crippen LogP contribution is -2.32. The summed E-state index contributed by atoms with van der Waals surface area (Å²) in [7, 11) is 0. The van der Waals surface area contributed by atoms with E-state index in [9.17, 15) is 14.3 Å². The topological polar surface area (TPSA) is 70.6 Å². The van der Waals surface area contributed by atoms with Crippen LogP contribution in [0.4, 0.5) is 15.8 Å². The molecule has 0 fully saturated rings. The minimum absolute atomic E-state index is 0.0711. The van der Waals surface area contributed by atoms with E-state index in [1.807, 2.05) is 39.0 Å². The quantitative estimate of drug-likeness (QED) is 0.418. The molecule has 0 aliphatic rings. The first-order chi connectivity index (χ1) is 12.2. The Hall–Kier alpha value is -1.71. The van der Waals surface area contributed by atoms with Crippen molar-refractivity contribution in [1.29, 1.82) is 0 Å². The fourth-order valence-electron chi connectivity index (χ4n) is 2.13. The van der Waals surface area contributed by atoms with Crippen molar-refractivity contribution >= 4 is 39.9 Å². The Kier molecular flexibility index (Phi) is 6.96. The summed E-state index contributed by atoms with van der Waals surface area (Å²) in [4.78, 5) is 17.6. The van der Waals surface area contributed by atoms with Crippen LogP contribution in [-0.4, -0.2) is 24.2 Å². The van der Waals surface area contributed by atoms with Crippen LogP contribution in [0.25, 0.3) is 0 Å². The molecule has 0 heterocycles. The molecule has 26 heavy (non-hydrogen) atoms. The molecule has 3 N–H and O–H groups in total. The van der Waals surface area contributed by atoms with E-state index in [1.165, 1.54) is 18.2 Å². The fourth-order valence-corrected chi connectivity index (χ4v) is 2.77. The van der Waals surface area contributed by atoms with Gasteiger partial charge >= 0.3 is 0 Å². The second kappa shape index (κ2) is 8.79. The molecule has 7 heteroatoms. The van der Waals surface area contributed by atoms with E-state index in [0.717, 1.165) is 14.8 Å². The Morgan fingerprint density at radius 3 is 2.62 bits per heavy atom. The fraction of sp³-hybridized carbons (Fsp3) is 0.316. The number of carbonyl (C=O) groups is 1. The molecular weight excluding hydrogens is 450 g/mol. The number of carbonyl (C=O) groups excluding carboxylic acids is 1. The largest absolute Gasteiger partial charge is 0.396 e. The van der Waals surface area contributed by atoms with Gasteiger partial charge in [-0.15, -0.1) is 0 Å². The number of aliphatic hydroxyl groups is 1. The molecule has 0 unspecified atom stereocenters. The van der Waals surface area contributed by atoms with Crippen molar-refractivity contribution in [2.75, 3.05) is 18.5 Å². The summed E-state index contributed by atoms with van der Waals surface area (Å²) in [5.41, 5.74) is 4.23. The Labute approximate surface area is 166 Å². The van der Waals surface area contributed by atoms with Crippen LogP contribution < -0.4 is 10.8 Å². The van der Waals surface area contributed by atoms with E-state index in [-0.39, 0.29) is 18.8 Å². The molecule has 0 atom stereocenters. The molecule has 0 bridgehead atoms. The highest BCUT2D eigenvalue weighted by atomic mass is 127. The van der Waals surface area contributed by atoms with Crippen molar-refractivity contribution in [3.8, 4) is 0 Å². The highest BCUT2D eigenvalue weighted by Crippen LogP contribution is 2.26. The molecule has 0 aliphatic carbocycles. The standard InChI is InChI=1S/C19H22FIN2O3/c1-12-8-14(21)5-7-16(12)22-17-9-13(20)4-6-15(17)18(25)23-26-11-19(2,3)10-24/h4-9,22,24H,10-11H2,1-3H3,(H,23,25). The van der Waals surface area contributed by atoms with Crippen molar-refractivity contribution in [3.05, 3.63) is 56.9 Å². The summed E-state index contributed by atoms with van der Waals surface area (Å²) >= 11 is 2.21. The molecule has 0 aromatic heterocycles. The minimum atomic E-state index is -0.496. The number of aliphatic hydroxyl groups excluding tert-OH is 1. The van der Waals surface area contributed by atoms with Crippen molar-refractivity contribution in [2.24, 2.45) is 5.41 Å². The molecule has 0 saturated heterocycles. The molecule has 1 amide bonds. The lowest BCUT2D eigenvalue weighted by Gasteiger charge is -2.21. The van der Waals surface area contributed by atoms with Crippen LogP contribution in [0.5, 0.6) is 0 Å². The smallest absolute Gasteiger partial charge is 0.276 e. The van der Waals surface area contributed by atoms with Gasteiger partial charge in [-0.2, -0.15) is 0 Å². The van der Waals surface area contributed by atoms with Crippen molar-refractivity contribution in [3.63, 3.8) is 0 Å². The maximum absolute atomic E-state index is 13.7. The van der Waals surface area contributed by atoms with Gasteiger partial charge in [0.1, 0.15) is 5.82 Å². The Bertz CT molecular complexity index is 796. The minimum Gasteiger partial charge on any atom is -0.396 e. The van der Waals surface area contributed by atoms with Crippen LogP contribution in [0.3, 0.4) is 0 Å². The highest BCUT2D eigenvalue weighted by molar-refractivity contribution is 14.1. The lowest BCUT2D eigenvalue weighted by atomic mass is 9.97. The van der Waals surface area contributed by atoms with Crippen LogP contribution in [0, 0.1) is 21.7 Å². The Balaban J connectivity index is 2.17. The molecule has 0 aliphatic heterocycles. The van der Waals surface area contributed by atoms with Crippen LogP contribution in [-0.2, 0) is 4.84 Å². The Morgan fingerprint density at radius 1 is 1.23 bits per heavy atom. The normalized spacial score (nSPS) is 11.3. The summed E-state index contributed by atoms with van der Waals surface area (Å²) in [5.74, 6) is -0.945.